The van der Waals surface area contributed by atoms with Crippen LogP contribution in [0.15, 0.2) is 53.1 Å². The SMILES string of the molecule is CCN(Cc1nc(-c2cccc(C(F)(F)F)c2)no1)C[C@H]1COc2ccccc2O1. The Bertz CT molecular complexity index is 1010. The molecule has 2 heterocycles. The smallest absolute Gasteiger partial charge is 0.416 e. The molecule has 0 fully saturated rings. The second kappa shape index (κ2) is 8.35. The Hall–Kier alpha value is -3.07. The third-order valence-electron chi connectivity index (χ3n) is 4.75. The predicted molar refractivity (Wildman–Crippen MR) is 102 cm³/mol. The highest BCUT2D eigenvalue weighted by Crippen LogP contribution is 2.32. The van der Waals surface area contributed by atoms with Crippen LogP contribution in [0.2, 0.25) is 0 Å². The molecule has 0 aliphatic carbocycles. The number of hydrogen-bond donors (Lipinski definition) is 0. The fourth-order valence-corrected chi connectivity index (χ4v) is 3.21. The number of benzene rings is 2. The van der Waals surface area contributed by atoms with E-state index in [1.807, 2.05) is 36.1 Å². The highest BCUT2D eigenvalue weighted by molar-refractivity contribution is 5.55. The Balaban J connectivity index is 1.41. The van der Waals surface area contributed by atoms with E-state index < -0.39 is 11.7 Å². The van der Waals surface area contributed by atoms with E-state index in [2.05, 4.69) is 10.1 Å². The van der Waals surface area contributed by atoms with Gasteiger partial charge in [-0.15, -0.1) is 0 Å². The number of halogens is 3. The molecule has 0 unspecified atom stereocenters. The van der Waals surface area contributed by atoms with Crippen LogP contribution in [0.25, 0.3) is 11.4 Å². The van der Waals surface area contributed by atoms with E-state index in [1.165, 1.54) is 12.1 Å². The van der Waals surface area contributed by atoms with Gasteiger partial charge in [-0.25, -0.2) is 0 Å². The quantitative estimate of drug-likeness (QED) is 0.590. The molecule has 0 saturated carbocycles. The normalized spacial score (nSPS) is 16.1. The maximum Gasteiger partial charge on any atom is 0.416 e. The van der Waals surface area contributed by atoms with E-state index >= 15 is 0 Å². The van der Waals surface area contributed by atoms with Gasteiger partial charge in [-0.2, -0.15) is 18.2 Å². The van der Waals surface area contributed by atoms with Gasteiger partial charge in [0.1, 0.15) is 12.7 Å². The van der Waals surface area contributed by atoms with Crippen LogP contribution in [0.5, 0.6) is 11.5 Å². The number of para-hydroxylation sites is 2. The topological polar surface area (TPSA) is 60.6 Å². The largest absolute Gasteiger partial charge is 0.486 e. The Kier molecular flexibility index (Phi) is 5.63. The van der Waals surface area contributed by atoms with Crippen LogP contribution >= 0.6 is 0 Å². The first-order chi connectivity index (χ1) is 14.4. The maximum absolute atomic E-state index is 12.9. The van der Waals surface area contributed by atoms with Gasteiger partial charge in [-0.05, 0) is 30.8 Å². The number of rotatable bonds is 6. The minimum atomic E-state index is -4.43. The van der Waals surface area contributed by atoms with Crippen molar-refractivity contribution in [2.75, 3.05) is 19.7 Å². The Labute approximate surface area is 171 Å². The van der Waals surface area contributed by atoms with Crippen LogP contribution in [0.1, 0.15) is 18.4 Å². The number of nitrogens with zero attached hydrogens (tertiary/aromatic N) is 3. The molecule has 2 aromatic carbocycles. The number of hydrogen-bond acceptors (Lipinski definition) is 6. The van der Waals surface area contributed by atoms with E-state index in [-0.39, 0.29) is 17.5 Å². The minimum absolute atomic E-state index is 0.123. The molecular weight excluding hydrogens is 399 g/mol. The van der Waals surface area contributed by atoms with Crippen LogP contribution in [0.3, 0.4) is 0 Å². The first kappa shape index (κ1) is 20.2. The van der Waals surface area contributed by atoms with E-state index in [0.717, 1.165) is 17.9 Å². The summed E-state index contributed by atoms with van der Waals surface area (Å²) in [4.78, 5) is 6.31. The van der Waals surface area contributed by atoms with Gasteiger partial charge in [0.25, 0.3) is 0 Å². The van der Waals surface area contributed by atoms with Crippen molar-refractivity contribution in [2.24, 2.45) is 0 Å². The zero-order valence-corrected chi connectivity index (χ0v) is 16.2. The van der Waals surface area contributed by atoms with Crippen molar-refractivity contribution < 1.29 is 27.2 Å². The van der Waals surface area contributed by atoms with E-state index in [9.17, 15) is 13.2 Å². The molecule has 9 heteroatoms. The van der Waals surface area contributed by atoms with Crippen molar-refractivity contribution in [3.8, 4) is 22.9 Å². The van der Waals surface area contributed by atoms with Crippen molar-refractivity contribution in [2.45, 2.75) is 25.7 Å². The van der Waals surface area contributed by atoms with Gasteiger partial charge in [0, 0.05) is 12.1 Å². The molecule has 0 saturated heterocycles. The van der Waals surface area contributed by atoms with Gasteiger partial charge < -0.3 is 14.0 Å². The summed E-state index contributed by atoms with van der Waals surface area (Å²) in [6.07, 6.45) is -4.59. The summed E-state index contributed by atoms with van der Waals surface area (Å²) < 4.78 is 55.8. The molecule has 3 aromatic rings. The van der Waals surface area contributed by atoms with Crippen LogP contribution < -0.4 is 9.47 Å². The molecule has 1 aliphatic heterocycles. The lowest BCUT2D eigenvalue weighted by Gasteiger charge is -2.30. The molecule has 158 valence electrons. The summed E-state index contributed by atoms with van der Waals surface area (Å²) in [6.45, 7) is 4.04. The highest BCUT2D eigenvalue weighted by Gasteiger charge is 2.31. The summed E-state index contributed by atoms with van der Waals surface area (Å²) in [5.74, 6) is 1.87. The van der Waals surface area contributed by atoms with Gasteiger partial charge >= 0.3 is 6.18 Å². The second-order valence-corrected chi connectivity index (χ2v) is 6.92. The van der Waals surface area contributed by atoms with Crippen LogP contribution in [0.4, 0.5) is 13.2 Å². The first-order valence-electron chi connectivity index (χ1n) is 9.53. The molecule has 1 atom stereocenters. The molecule has 0 spiro atoms. The van der Waals surface area contributed by atoms with Crippen molar-refractivity contribution in [1.29, 1.82) is 0 Å². The van der Waals surface area contributed by atoms with Crippen LogP contribution in [0, 0.1) is 0 Å². The molecule has 4 rings (SSSR count). The van der Waals surface area contributed by atoms with Crippen molar-refractivity contribution >= 4 is 0 Å². The number of ether oxygens (including phenoxy) is 2. The zero-order chi connectivity index (χ0) is 21.1. The first-order valence-corrected chi connectivity index (χ1v) is 9.53. The Morgan fingerprint density at radius 1 is 1.10 bits per heavy atom. The Morgan fingerprint density at radius 2 is 1.90 bits per heavy atom. The molecule has 1 aliphatic rings. The molecule has 0 bridgehead atoms. The standard InChI is InChI=1S/C21H20F3N3O3/c1-2-27(11-16-13-28-17-8-3-4-9-18(17)29-16)12-19-25-20(26-30-19)14-6-5-7-15(10-14)21(22,23)24/h3-10,16H,2,11-13H2,1H3/t16-/m0/s1. The highest BCUT2D eigenvalue weighted by atomic mass is 19.4. The maximum atomic E-state index is 12.9. The van der Waals surface area contributed by atoms with Crippen molar-refractivity contribution in [1.82, 2.24) is 15.0 Å². The summed E-state index contributed by atoms with van der Waals surface area (Å²) in [5.41, 5.74) is -0.500. The molecular formula is C21H20F3N3O3. The van der Waals surface area contributed by atoms with Gasteiger partial charge in [-0.3, -0.25) is 4.90 Å². The molecule has 1 aromatic heterocycles. The average Bonchev–Trinajstić information content (AvgIpc) is 3.21. The van der Waals surface area contributed by atoms with Crippen molar-refractivity contribution in [3.63, 3.8) is 0 Å². The third-order valence-corrected chi connectivity index (χ3v) is 4.75. The lowest BCUT2D eigenvalue weighted by Crippen LogP contribution is -2.40. The third kappa shape index (κ3) is 4.56. The summed E-state index contributed by atoms with van der Waals surface area (Å²) >= 11 is 0. The van der Waals surface area contributed by atoms with Gasteiger partial charge in [0.15, 0.2) is 11.5 Å². The molecule has 0 radical (unpaired) electrons. The summed E-state index contributed by atoms with van der Waals surface area (Å²) in [5, 5.41) is 3.84. The second-order valence-electron chi connectivity index (χ2n) is 6.92. The number of alkyl halides is 3. The summed E-state index contributed by atoms with van der Waals surface area (Å²) in [6, 6.07) is 12.4. The van der Waals surface area contributed by atoms with E-state index in [4.69, 9.17) is 14.0 Å². The Morgan fingerprint density at radius 3 is 2.67 bits per heavy atom. The lowest BCUT2D eigenvalue weighted by atomic mass is 10.1. The van der Waals surface area contributed by atoms with Crippen LogP contribution in [-0.2, 0) is 12.7 Å². The average molecular weight is 419 g/mol. The molecule has 0 N–H and O–H groups in total. The molecule has 30 heavy (non-hydrogen) atoms. The predicted octanol–water partition coefficient (Wildman–Crippen LogP) is 4.42. The van der Waals surface area contributed by atoms with E-state index in [1.54, 1.807) is 0 Å². The fourth-order valence-electron chi connectivity index (χ4n) is 3.21. The zero-order valence-electron chi connectivity index (χ0n) is 16.2. The van der Waals surface area contributed by atoms with Gasteiger partial charge in [0.05, 0.1) is 12.1 Å². The minimum Gasteiger partial charge on any atom is -0.486 e. The van der Waals surface area contributed by atoms with Crippen LogP contribution in [-0.4, -0.2) is 40.8 Å². The molecule has 0 amide bonds. The van der Waals surface area contributed by atoms with Crippen molar-refractivity contribution in [3.05, 3.63) is 60.0 Å². The number of aromatic nitrogens is 2. The number of likely N-dealkylation sites (N-methyl/N-ethyl adjacent to an activating group) is 1. The fraction of sp³-hybridized carbons (Fsp3) is 0.333. The monoisotopic (exact) mass is 419 g/mol. The van der Waals surface area contributed by atoms with E-state index in [0.29, 0.717) is 37.9 Å². The lowest BCUT2D eigenvalue weighted by molar-refractivity contribution is -0.137. The summed E-state index contributed by atoms with van der Waals surface area (Å²) in [7, 11) is 0. The van der Waals surface area contributed by atoms with Gasteiger partial charge in [0.2, 0.25) is 11.7 Å². The number of fused-ring (bicyclic) bond motifs is 1. The molecule has 6 nitrogen and oxygen atoms in total. The van der Waals surface area contributed by atoms with Gasteiger partial charge in [-0.1, -0.05) is 36.3 Å².